The first-order chi connectivity index (χ1) is 11.9. The zero-order chi connectivity index (χ0) is 18.0. The second-order valence-electron chi connectivity index (χ2n) is 6.06. The van der Waals surface area contributed by atoms with Crippen molar-refractivity contribution in [2.24, 2.45) is 5.92 Å². The van der Waals surface area contributed by atoms with Crippen LogP contribution in [0.25, 0.3) is 0 Å². The Labute approximate surface area is 150 Å². The Morgan fingerprint density at radius 1 is 1.28 bits per heavy atom. The second kappa shape index (κ2) is 7.23. The van der Waals surface area contributed by atoms with Crippen molar-refractivity contribution in [2.45, 2.75) is 24.0 Å². The van der Waals surface area contributed by atoms with E-state index in [9.17, 15) is 17.6 Å². The molecule has 25 heavy (non-hydrogen) atoms. The number of aryl methyl sites for hydroxylation is 1. The molecule has 0 saturated carbocycles. The van der Waals surface area contributed by atoms with Gasteiger partial charge in [-0.1, -0.05) is 6.07 Å². The minimum atomic E-state index is -3.46. The van der Waals surface area contributed by atoms with Crippen molar-refractivity contribution < 1.29 is 17.6 Å². The molecule has 1 N–H and O–H groups in total. The van der Waals surface area contributed by atoms with Gasteiger partial charge in [0, 0.05) is 24.7 Å². The van der Waals surface area contributed by atoms with Crippen LogP contribution in [0.4, 0.5) is 10.1 Å². The van der Waals surface area contributed by atoms with Gasteiger partial charge in [0.1, 0.15) is 10.0 Å². The van der Waals surface area contributed by atoms with Gasteiger partial charge in [-0.25, -0.2) is 12.8 Å². The number of carbonyl (C=O) groups excluding carboxylic acids is 1. The lowest BCUT2D eigenvalue weighted by Crippen LogP contribution is -2.41. The van der Waals surface area contributed by atoms with Gasteiger partial charge >= 0.3 is 0 Å². The first-order valence-corrected chi connectivity index (χ1v) is 10.3. The van der Waals surface area contributed by atoms with Crippen molar-refractivity contribution in [1.29, 1.82) is 0 Å². The Hall–Kier alpha value is -1.77. The number of amides is 1. The van der Waals surface area contributed by atoms with E-state index in [1.54, 1.807) is 30.5 Å². The normalized spacial score (nSPS) is 16.7. The molecule has 0 unspecified atom stereocenters. The molecule has 1 aromatic carbocycles. The van der Waals surface area contributed by atoms with E-state index >= 15 is 0 Å². The SMILES string of the molecule is Cc1cc(F)ccc1NC(=O)C1CCN(S(=O)(=O)c2cccs2)CC1. The van der Waals surface area contributed by atoms with E-state index in [-0.39, 0.29) is 17.6 Å². The van der Waals surface area contributed by atoms with Crippen LogP contribution >= 0.6 is 11.3 Å². The number of piperidine rings is 1. The maximum atomic E-state index is 13.1. The van der Waals surface area contributed by atoms with Crippen LogP contribution in [0.15, 0.2) is 39.9 Å². The number of carbonyl (C=O) groups is 1. The van der Waals surface area contributed by atoms with Crippen molar-refractivity contribution in [2.75, 3.05) is 18.4 Å². The van der Waals surface area contributed by atoms with Gasteiger partial charge in [-0.3, -0.25) is 4.79 Å². The molecule has 3 rings (SSSR count). The summed E-state index contributed by atoms with van der Waals surface area (Å²) in [6.45, 7) is 2.37. The topological polar surface area (TPSA) is 66.5 Å². The lowest BCUT2D eigenvalue weighted by Gasteiger charge is -2.30. The van der Waals surface area contributed by atoms with E-state index < -0.39 is 10.0 Å². The van der Waals surface area contributed by atoms with Crippen LogP contribution in [0.3, 0.4) is 0 Å². The van der Waals surface area contributed by atoms with Crippen molar-refractivity contribution in [3.05, 3.63) is 47.1 Å². The molecule has 0 spiro atoms. The highest BCUT2D eigenvalue weighted by molar-refractivity contribution is 7.91. The fourth-order valence-electron chi connectivity index (χ4n) is 2.90. The number of anilines is 1. The third kappa shape index (κ3) is 3.91. The number of nitrogens with zero attached hydrogens (tertiary/aromatic N) is 1. The van der Waals surface area contributed by atoms with E-state index in [0.717, 1.165) is 0 Å². The molecular formula is C17H19FN2O3S2. The Morgan fingerprint density at radius 2 is 2.00 bits per heavy atom. The average Bonchev–Trinajstić information content (AvgIpc) is 3.13. The van der Waals surface area contributed by atoms with Gasteiger partial charge in [0.25, 0.3) is 10.0 Å². The summed E-state index contributed by atoms with van der Waals surface area (Å²) in [6, 6.07) is 7.52. The van der Waals surface area contributed by atoms with Gasteiger partial charge < -0.3 is 5.32 Å². The Morgan fingerprint density at radius 3 is 2.60 bits per heavy atom. The molecule has 1 saturated heterocycles. The van der Waals surface area contributed by atoms with Gasteiger partial charge in [-0.05, 0) is 55.0 Å². The van der Waals surface area contributed by atoms with Crippen molar-refractivity contribution >= 4 is 33.0 Å². The van der Waals surface area contributed by atoms with Crippen LogP contribution < -0.4 is 5.32 Å². The largest absolute Gasteiger partial charge is 0.326 e. The summed E-state index contributed by atoms with van der Waals surface area (Å²) in [5.41, 5.74) is 1.24. The molecule has 134 valence electrons. The summed E-state index contributed by atoms with van der Waals surface area (Å²) >= 11 is 1.20. The number of sulfonamides is 1. The van der Waals surface area contributed by atoms with Gasteiger partial charge in [0.15, 0.2) is 0 Å². The molecule has 0 atom stereocenters. The van der Waals surface area contributed by atoms with E-state index in [1.165, 1.54) is 27.8 Å². The summed E-state index contributed by atoms with van der Waals surface area (Å²) < 4.78 is 39.9. The number of halogens is 1. The third-order valence-corrected chi connectivity index (χ3v) is 7.63. The summed E-state index contributed by atoms with van der Waals surface area (Å²) in [5, 5.41) is 4.55. The number of thiophene rings is 1. The van der Waals surface area contributed by atoms with E-state index in [2.05, 4.69) is 5.32 Å². The maximum absolute atomic E-state index is 13.1. The molecule has 8 heteroatoms. The van der Waals surface area contributed by atoms with Crippen LogP contribution in [0, 0.1) is 18.7 Å². The number of rotatable bonds is 4. The highest BCUT2D eigenvalue weighted by Gasteiger charge is 2.32. The van der Waals surface area contributed by atoms with Crippen molar-refractivity contribution in [3.63, 3.8) is 0 Å². The Balaban J connectivity index is 1.61. The Kier molecular flexibility index (Phi) is 5.21. The van der Waals surface area contributed by atoms with Crippen molar-refractivity contribution in [3.8, 4) is 0 Å². The summed E-state index contributed by atoms with van der Waals surface area (Å²) in [7, 11) is -3.46. The first kappa shape index (κ1) is 18.0. The highest BCUT2D eigenvalue weighted by Crippen LogP contribution is 2.27. The standard InChI is InChI=1S/C17H19FN2O3S2/c1-12-11-14(18)4-5-15(12)19-17(21)13-6-8-20(9-7-13)25(22,23)16-3-2-10-24-16/h2-5,10-11,13H,6-9H2,1H3,(H,19,21). The lowest BCUT2D eigenvalue weighted by atomic mass is 9.97. The molecule has 2 aromatic rings. The number of benzene rings is 1. The van der Waals surface area contributed by atoms with Gasteiger partial charge in [-0.15, -0.1) is 11.3 Å². The van der Waals surface area contributed by atoms with Gasteiger partial charge in [0.05, 0.1) is 0 Å². The minimum absolute atomic E-state index is 0.150. The number of hydrogen-bond acceptors (Lipinski definition) is 4. The molecule has 2 heterocycles. The summed E-state index contributed by atoms with van der Waals surface area (Å²) in [4.78, 5) is 12.4. The van der Waals surface area contributed by atoms with E-state index in [0.29, 0.717) is 41.4 Å². The first-order valence-electron chi connectivity index (χ1n) is 7.98. The quantitative estimate of drug-likeness (QED) is 0.883. The molecule has 1 fully saturated rings. The Bertz CT molecular complexity index is 858. The average molecular weight is 382 g/mol. The van der Waals surface area contributed by atoms with Crippen LogP contribution in [-0.4, -0.2) is 31.7 Å². The molecule has 1 amide bonds. The highest BCUT2D eigenvalue weighted by atomic mass is 32.2. The lowest BCUT2D eigenvalue weighted by molar-refractivity contribution is -0.120. The van der Waals surface area contributed by atoms with E-state index in [4.69, 9.17) is 0 Å². The smallest absolute Gasteiger partial charge is 0.252 e. The summed E-state index contributed by atoms with van der Waals surface area (Å²) in [6.07, 6.45) is 0.938. The molecule has 0 aliphatic carbocycles. The number of nitrogens with one attached hydrogen (secondary N) is 1. The fourth-order valence-corrected chi connectivity index (χ4v) is 5.51. The predicted octanol–water partition coefficient (Wildman–Crippen LogP) is 3.24. The van der Waals surface area contributed by atoms with Gasteiger partial charge in [0.2, 0.25) is 5.91 Å². The van der Waals surface area contributed by atoms with Crippen LogP contribution in [-0.2, 0) is 14.8 Å². The minimum Gasteiger partial charge on any atom is -0.326 e. The van der Waals surface area contributed by atoms with Gasteiger partial charge in [-0.2, -0.15) is 4.31 Å². The van der Waals surface area contributed by atoms with Crippen LogP contribution in [0.2, 0.25) is 0 Å². The predicted molar refractivity (Wildman–Crippen MR) is 95.6 cm³/mol. The van der Waals surface area contributed by atoms with Crippen LogP contribution in [0.1, 0.15) is 18.4 Å². The van der Waals surface area contributed by atoms with E-state index in [1.807, 2.05) is 0 Å². The molecule has 5 nitrogen and oxygen atoms in total. The zero-order valence-electron chi connectivity index (χ0n) is 13.7. The second-order valence-corrected chi connectivity index (χ2v) is 9.17. The molecule has 0 radical (unpaired) electrons. The number of hydrogen-bond donors (Lipinski definition) is 1. The zero-order valence-corrected chi connectivity index (χ0v) is 15.4. The molecule has 1 aromatic heterocycles. The van der Waals surface area contributed by atoms with Crippen LogP contribution in [0.5, 0.6) is 0 Å². The summed E-state index contributed by atoms with van der Waals surface area (Å²) in [5.74, 6) is -0.746. The fraction of sp³-hybridized carbons (Fsp3) is 0.353. The molecular weight excluding hydrogens is 363 g/mol. The third-order valence-electron chi connectivity index (χ3n) is 4.36. The maximum Gasteiger partial charge on any atom is 0.252 e. The van der Waals surface area contributed by atoms with Crippen molar-refractivity contribution in [1.82, 2.24) is 4.31 Å². The monoisotopic (exact) mass is 382 g/mol. The molecule has 1 aliphatic rings. The molecule has 1 aliphatic heterocycles. The molecule has 0 bridgehead atoms.